The Hall–Kier alpha value is -3.46. The van der Waals surface area contributed by atoms with Crippen molar-refractivity contribution in [1.82, 2.24) is 0 Å². The summed E-state index contributed by atoms with van der Waals surface area (Å²) < 4.78 is 91.8. The van der Waals surface area contributed by atoms with Crippen molar-refractivity contribution in [1.29, 1.82) is 0 Å². The maximum Gasteiger partial charge on any atom is 0.231 e. The molecule has 0 bridgehead atoms. The Balaban J connectivity index is 1.59. The molecule has 0 saturated carbocycles. The number of carbonyl (C=O) groups is 1. The molecule has 3 aromatic rings. The van der Waals surface area contributed by atoms with Crippen molar-refractivity contribution in [3.8, 4) is 11.5 Å². The smallest absolute Gasteiger partial charge is 0.231 e. The number of ether oxygens (including phenoxy) is 2. The fraction of sp³-hybridized carbons (Fsp3) is 0.0455. The van der Waals surface area contributed by atoms with Crippen LogP contribution in [0.4, 0.5) is 26.3 Å². The van der Waals surface area contributed by atoms with Crippen LogP contribution in [0.25, 0.3) is 6.08 Å². The first-order chi connectivity index (χ1) is 15.2. The molecule has 10 heteroatoms. The molecule has 0 radical (unpaired) electrons. The first-order valence-electron chi connectivity index (χ1n) is 8.84. The van der Waals surface area contributed by atoms with E-state index in [0.717, 1.165) is 12.1 Å². The average Bonchev–Trinajstić information content (AvgIpc) is 3.08. The minimum atomic E-state index is -2.28. The zero-order valence-corrected chi connectivity index (χ0v) is 16.4. The van der Waals surface area contributed by atoms with Gasteiger partial charge in [-0.1, -0.05) is 17.7 Å². The molecule has 0 fully saturated rings. The lowest BCUT2D eigenvalue weighted by Gasteiger charge is -2.10. The highest BCUT2D eigenvalue weighted by molar-refractivity contribution is 6.32. The Morgan fingerprint density at radius 3 is 2.22 bits per heavy atom. The summed E-state index contributed by atoms with van der Waals surface area (Å²) >= 11 is 5.94. The second-order valence-corrected chi connectivity index (χ2v) is 6.98. The summed E-state index contributed by atoms with van der Waals surface area (Å²) in [4.78, 5) is 12.5. The predicted octanol–water partition coefficient (Wildman–Crippen LogP) is 6.37. The number of hydrogen-bond donors (Lipinski definition) is 0. The second kappa shape index (κ2) is 8.23. The largest absolute Gasteiger partial charge is 0.489 e. The van der Waals surface area contributed by atoms with E-state index in [1.807, 2.05) is 0 Å². The Morgan fingerprint density at radius 1 is 0.906 bits per heavy atom. The molecule has 32 heavy (non-hydrogen) atoms. The number of allylic oxidation sites excluding steroid dienone is 1. The number of carbonyl (C=O) groups excluding carboxylic acids is 1. The van der Waals surface area contributed by atoms with E-state index in [2.05, 4.69) is 0 Å². The summed E-state index contributed by atoms with van der Waals surface area (Å²) in [7, 11) is 0. The molecule has 0 N–H and O–H groups in total. The molecule has 0 aromatic heterocycles. The monoisotopic (exact) mass is 470 g/mol. The van der Waals surface area contributed by atoms with Crippen molar-refractivity contribution in [2.45, 2.75) is 6.61 Å². The third-order valence-electron chi connectivity index (χ3n) is 4.60. The summed E-state index contributed by atoms with van der Waals surface area (Å²) in [6.07, 6.45) is 1.12. The minimum absolute atomic E-state index is 0.0105. The molecule has 0 amide bonds. The van der Waals surface area contributed by atoms with E-state index in [9.17, 15) is 31.1 Å². The number of benzene rings is 3. The normalized spacial score (nSPS) is 14.0. The van der Waals surface area contributed by atoms with Gasteiger partial charge in [0.2, 0.25) is 11.6 Å². The molecular weight excluding hydrogens is 462 g/mol. The van der Waals surface area contributed by atoms with Crippen LogP contribution in [0.1, 0.15) is 21.5 Å². The first-order valence-corrected chi connectivity index (χ1v) is 9.22. The van der Waals surface area contributed by atoms with Crippen LogP contribution in [-0.4, -0.2) is 5.78 Å². The van der Waals surface area contributed by atoms with E-state index in [4.69, 9.17) is 21.1 Å². The van der Waals surface area contributed by atoms with Crippen LogP contribution in [0.2, 0.25) is 5.02 Å². The van der Waals surface area contributed by atoms with Gasteiger partial charge in [-0.25, -0.2) is 26.3 Å². The van der Waals surface area contributed by atoms with E-state index in [1.54, 1.807) is 0 Å². The number of ketones is 1. The van der Waals surface area contributed by atoms with Gasteiger partial charge in [0.15, 0.2) is 29.0 Å². The van der Waals surface area contributed by atoms with Gasteiger partial charge in [0.05, 0.1) is 16.1 Å². The number of rotatable bonds is 4. The van der Waals surface area contributed by atoms with Crippen molar-refractivity contribution in [2.75, 3.05) is 0 Å². The van der Waals surface area contributed by atoms with Crippen molar-refractivity contribution in [3.63, 3.8) is 0 Å². The van der Waals surface area contributed by atoms with E-state index < -0.39 is 52.9 Å². The standard InChI is InChI=1S/C22H9ClF6O3/c23-13-2-1-3-14(24)11(13)7-16-22(30)10-5-4-9(6-15(10)32-16)31-8-12-17(25)19(27)21(29)20(28)18(12)26/h1-7H,8H2. The lowest BCUT2D eigenvalue weighted by Crippen LogP contribution is -2.09. The van der Waals surface area contributed by atoms with Gasteiger partial charge in [-0.05, 0) is 30.3 Å². The molecule has 164 valence electrons. The molecule has 0 atom stereocenters. The van der Waals surface area contributed by atoms with Crippen LogP contribution in [0.15, 0.2) is 42.2 Å². The second-order valence-electron chi connectivity index (χ2n) is 6.57. The molecule has 1 heterocycles. The highest BCUT2D eigenvalue weighted by Gasteiger charge is 2.29. The SMILES string of the molecule is O=C1C(=Cc2c(F)cccc2Cl)Oc2cc(OCc3c(F)c(F)c(F)c(F)c3F)ccc21. The van der Waals surface area contributed by atoms with Gasteiger partial charge >= 0.3 is 0 Å². The summed E-state index contributed by atoms with van der Waals surface area (Å²) in [6.45, 7) is -0.980. The third kappa shape index (κ3) is 3.69. The molecule has 4 rings (SSSR count). The zero-order valence-electron chi connectivity index (χ0n) is 15.6. The van der Waals surface area contributed by atoms with Gasteiger partial charge in [0.25, 0.3) is 0 Å². The van der Waals surface area contributed by atoms with Gasteiger partial charge in [0.1, 0.15) is 23.9 Å². The maximum absolute atomic E-state index is 14.0. The van der Waals surface area contributed by atoms with Crippen LogP contribution >= 0.6 is 11.6 Å². The summed E-state index contributed by atoms with van der Waals surface area (Å²) in [5, 5.41) is 0.0525. The maximum atomic E-state index is 14.0. The van der Waals surface area contributed by atoms with E-state index >= 15 is 0 Å². The lowest BCUT2D eigenvalue weighted by molar-refractivity contribution is 0.101. The Morgan fingerprint density at radius 2 is 1.56 bits per heavy atom. The van der Waals surface area contributed by atoms with Crippen LogP contribution in [0.5, 0.6) is 11.5 Å². The molecule has 0 saturated heterocycles. The average molecular weight is 471 g/mol. The Kier molecular flexibility index (Phi) is 5.60. The van der Waals surface area contributed by atoms with E-state index in [1.165, 1.54) is 30.3 Å². The number of fused-ring (bicyclic) bond motifs is 1. The van der Waals surface area contributed by atoms with Crippen molar-refractivity contribution < 1.29 is 40.6 Å². The third-order valence-corrected chi connectivity index (χ3v) is 4.93. The fourth-order valence-corrected chi connectivity index (χ4v) is 3.19. The molecule has 3 aromatic carbocycles. The van der Waals surface area contributed by atoms with Gasteiger partial charge in [0, 0.05) is 11.6 Å². The van der Waals surface area contributed by atoms with Gasteiger partial charge in [-0.3, -0.25) is 4.79 Å². The molecule has 1 aliphatic rings. The Labute approximate surface area is 181 Å². The predicted molar refractivity (Wildman–Crippen MR) is 101 cm³/mol. The molecule has 0 aliphatic carbocycles. The summed E-state index contributed by atoms with van der Waals surface area (Å²) in [5.41, 5.74) is -1.13. The van der Waals surface area contributed by atoms with Gasteiger partial charge in [-0.15, -0.1) is 0 Å². The van der Waals surface area contributed by atoms with Gasteiger partial charge in [-0.2, -0.15) is 0 Å². The Bertz CT molecular complexity index is 1260. The van der Waals surface area contributed by atoms with Crippen molar-refractivity contribution in [3.05, 3.63) is 98.8 Å². The molecule has 3 nitrogen and oxygen atoms in total. The molecule has 0 unspecified atom stereocenters. The lowest BCUT2D eigenvalue weighted by atomic mass is 10.1. The first kappa shape index (κ1) is 21.8. The minimum Gasteiger partial charge on any atom is -0.489 e. The summed E-state index contributed by atoms with van der Waals surface area (Å²) in [5.74, 6) is -12.1. The van der Waals surface area contributed by atoms with Crippen LogP contribution in [-0.2, 0) is 6.61 Å². The van der Waals surface area contributed by atoms with Gasteiger partial charge < -0.3 is 9.47 Å². The molecular formula is C22H9ClF6O3. The quantitative estimate of drug-likeness (QED) is 0.192. The zero-order chi connectivity index (χ0) is 23.2. The van der Waals surface area contributed by atoms with E-state index in [0.29, 0.717) is 0 Å². The number of halogens is 7. The van der Waals surface area contributed by atoms with Crippen LogP contribution < -0.4 is 9.47 Å². The fourth-order valence-electron chi connectivity index (χ4n) is 2.97. The van der Waals surface area contributed by atoms with Crippen LogP contribution in [0.3, 0.4) is 0 Å². The topological polar surface area (TPSA) is 35.5 Å². The highest BCUT2D eigenvalue weighted by atomic mass is 35.5. The molecule has 0 spiro atoms. The van der Waals surface area contributed by atoms with Crippen LogP contribution in [0, 0.1) is 34.9 Å². The highest BCUT2D eigenvalue weighted by Crippen LogP contribution is 2.36. The number of Topliss-reactive ketones (excluding diaryl/α,β-unsaturated/α-hetero) is 1. The van der Waals surface area contributed by atoms with Crippen molar-refractivity contribution >= 4 is 23.5 Å². The molecule has 1 aliphatic heterocycles. The van der Waals surface area contributed by atoms with E-state index in [-0.39, 0.29) is 33.4 Å². The van der Waals surface area contributed by atoms with Crippen molar-refractivity contribution in [2.24, 2.45) is 0 Å². The summed E-state index contributed by atoms with van der Waals surface area (Å²) in [6, 6.07) is 7.66. The number of hydrogen-bond acceptors (Lipinski definition) is 3.